The summed E-state index contributed by atoms with van der Waals surface area (Å²) in [6, 6.07) is 11.1. The Hall–Kier alpha value is -1.95. The minimum Gasteiger partial charge on any atom is -0.392 e. The van der Waals surface area contributed by atoms with E-state index in [0.717, 1.165) is 17.3 Å². The fraction of sp³-hybridized carbons (Fsp3) is 0.154. The van der Waals surface area contributed by atoms with E-state index in [2.05, 4.69) is 6.07 Å². The summed E-state index contributed by atoms with van der Waals surface area (Å²) in [4.78, 5) is 0. The molecule has 1 aliphatic rings. The van der Waals surface area contributed by atoms with Crippen LogP contribution in [-0.4, -0.2) is 5.04 Å². The first-order chi connectivity index (χ1) is 9.08. The molecule has 0 radical (unpaired) electrons. The number of hydrogen-bond donors (Lipinski definition) is 2. The van der Waals surface area contributed by atoms with Crippen LogP contribution in [0.5, 0.6) is 0 Å². The van der Waals surface area contributed by atoms with Crippen molar-refractivity contribution in [1.29, 1.82) is 15.9 Å². The number of nitrogens with zero attached hydrogens (tertiary/aromatic N) is 2. The molecule has 0 aliphatic carbocycles. The summed E-state index contributed by atoms with van der Waals surface area (Å²) in [6.07, 6.45) is 0. The summed E-state index contributed by atoms with van der Waals surface area (Å²) in [6.45, 7) is 0. The topological polar surface area (TPSA) is 97.4 Å². The highest BCUT2D eigenvalue weighted by Gasteiger charge is 2.37. The van der Waals surface area contributed by atoms with E-state index in [-0.39, 0.29) is 10.1 Å². The molecule has 0 unspecified atom stereocenters. The van der Waals surface area contributed by atoms with Gasteiger partial charge in [-0.3, -0.25) is 5.41 Å². The van der Waals surface area contributed by atoms with E-state index in [9.17, 15) is 10.5 Å². The van der Waals surface area contributed by atoms with Crippen molar-refractivity contribution in [2.45, 2.75) is 5.92 Å². The van der Waals surface area contributed by atoms with E-state index in [1.54, 1.807) is 24.3 Å². The smallest absolute Gasteiger partial charge is 0.106 e. The van der Waals surface area contributed by atoms with Gasteiger partial charge in [-0.05, 0) is 17.7 Å². The van der Waals surface area contributed by atoms with E-state index >= 15 is 0 Å². The first-order valence-electron chi connectivity index (χ1n) is 5.39. The van der Waals surface area contributed by atoms with Gasteiger partial charge in [0, 0.05) is 10.9 Å². The van der Waals surface area contributed by atoms with Gasteiger partial charge >= 0.3 is 0 Å². The van der Waals surface area contributed by atoms with Gasteiger partial charge in [0.05, 0.1) is 27.8 Å². The summed E-state index contributed by atoms with van der Waals surface area (Å²) in [7, 11) is 0. The van der Waals surface area contributed by atoms with Gasteiger partial charge in [-0.25, -0.2) is 0 Å². The molecule has 19 heavy (non-hydrogen) atoms. The van der Waals surface area contributed by atoms with Crippen LogP contribution in [0.4, 0.5) is 0 Å². The molecule has 94 valence electrons. The minimum absolute atomic E-state index is 0.156. The lowest BCUT2D eigenvalue weighted by molar-refractivity contribution is 0.729. The summed E-state index contributed by atoms with van der Waals surface area (Å²) < 4.78 is 0. The number of nitrogens with one attached hydrogen (secondary N) is 1. The molecule has 0 bridgehead atoms. The van der Waals surface area contributed by atoms with Gasteiger partial charge in [0.2, 0.25) is 0 Å². The first-order valence-corrected chi connectivity index (χ1v) is 6.59. The molecular formula is C13H9ClN4S. The minimum atomic E-state index is -0.703. The largest absolute Gasteiger partial charge is 0.392 e. The maximum atomic E-state index is 9.25. The Kier molecular flexibility index (Phi) is 3.80. The molecule has 2 atom stereocenters. The zero-order chi connectivity index (χ0) is 14.0. The molecule has 1 heterocycles. The van der Waals surface area contributed by atoms with Crippen molar-refractivity contribution in [3.63, 3.8) is 0 Å². The van der Waals surface area contributed by atoms with Crippen molar-refractivity contribution >= 4 is 28.4 Å². The van der Waals surface area contributed by atoms with Gasteiger partial charge in [0.15, 0.2) is 0 Å². The van der Waals surface area contributed by atoms with Gasteiger partial charge in [0.1, 0.15) is 5.92 Å². The van der Waals surface area contributed by atoms with Gasteiger partial charge in [-0.1, -0.05) is 35.5 Å². The summed E-state index contributed by atoms with van der Waals surface area (Å²) in [5.41, 5.74) is 6.85. The number of nitrogens with two attached hydrogens (primary N) is 1. The molecule has 1 aromatic rings. The average Bonchev–Trinajstić information content (AvgIpc) is 2.38. The van der Waals surface area contributed by atoms with Crippen LogP contribution in [0, 0.1) is 34.0 Å². The Morgan fingerprint density at radius 3 is 2.68 bits per heavy atom. The summed E-state index contributed by atoms with van der Waals surface area (Å²) >= 11 is 6.92. The third kappa shape index (κ3) is 2.44. The van der Waals surface area contributed by atoms with Crippen LogP contribution in [0.1, 0.15) is 11.5 Å². The number of halogens is 1. The Balaban J connectivity index is 2.62. The normalized spacial score (nSPS) is 22.8. The van der Waals surface area contributed by atoms with Gasteiger partial charge < -0.3 is 5.73 Å². The van der Waals surface area contributed by atoms with E-state index in [1.165, 1.54) is 0 Å². The molecule has 0 saturated carbocycles. The highest BCUT2D eigenvalue weighted by molar-refractivity contribution is 8.17. The van der Waals surface area contributed by atoms with Crippen molar-refractivity contribution in [3.8, 4) is 12.1 Å². The third-order valence-electron chi connectivity index (χ3n) is 2.88. The number of rotatable bonds is 1. The van der Waals surface area contributed by atoms with E-state index in [4.69, 9.17) is 22.7 Å². The molecule has 0 aromatic heterocycles. The lowest BCUT2D eigenvalue weighted by Gasteiger charge is -2.27. The van der Waals surface area contributed by atoms with E-state index < -0.39 is 11.8 Å². The second-order valence-corrected chi connectivity index (χ2v) is 5.52. The lowest BCUT2D eigenvalue weighted by Crippen LogP contribution is -2.26. The van der Waals surface area contributed by atoms with Crippen molar-refractivity contribution < 1.29 is 0 Å². The maximum Gasteiger partial charge on any atom is 0.106 e. The van der Waals surface area contributed by atoms with Gasteiger partial charge in [0.25, 0.3) is 0 Å². The number of hydrogen-bond acceptors (Lipinski definition) is 5. The quantitative estimate of drug-likeness (QED) is 0.830. The van der Waals surface area contributed by atoms with Crippen molar-refractivity contribution in [3.05, 3.63) is 45.5 Å². The Morgan fingerprint density at radius 2 is 2.11 bits per heavy atom. The number of allylic oxidation sites excluding steroid dienone is 1. The van der Waals surface area contributed by atoms with Gasteiger partial charge in [-0.15, -0.1) is 0 Å². The molecule has 0 amide bonds. The molecule has 0 spiro atoms. The fourth-order valence-electron chi connectivity index (χ4n) is 2.03. The number of thioether (sulfide) groups is 1. The zero-order valence-electron chi connectivity index (χ0n) is 9.72. The Morgan fingerprint density at radius 1 is 1.37 bits per heavy atom. The Bertz CT molecular complexity index is 653. The van der Waals surface area contributed by atoms with Crippen LogP contribution in [0.2, 0.25) is 5.02 Å². The van der Waals surface area contributed by atoms with Crippen LogP contribution in [0.25, 0.3) is 0 Å². The monoisotopic (exact) mass is 288 g/mol. The molecule has 6 heteroatoms. The lowest BCUT2D eigenvalue weighted by atomic mass is 9.82. The SMILES string of the molecule is N#CC1=C(N)SC(=N)[C@@H](C#N)[C@H]1c1cccc(Cl)c1. The van der Waals surface area contributed by atoms with Crippen LogP contribution >= 0.6 is 23.4 Å². The first kappa shape index (κ1) is 13.5. The zero-order valence-corrected chi connectivity index (χ0v) is 11.3. The van der Waals surface area contributed by atoms with E-state index in [0.29, 0.717) is 10.6 Å². The maximum absolute atomic E-state index is 9.25. The molecule has 2 rings (SSSR count). The highest BCUT2D eigenvalue weighted by atomic mass is 35.5. The molecule has 0 saturated heterocycles. The second-order valence-electron chi connectivity index (χ2n) is 4.00. The summed E-state index contributed by atoms with van der Waals surface area (Å²) in [5.74, 6) is -1.23. The molecule has 0 fully saturated rings. The fourth-order valence-corrected chi connectivity index (χ4v) is 3.06. The predicted octanol–water partition coefficient (Wildman–Crippen LogP) is 2.98. The van der Waals surface area contributed by atoms with Crippen molar-refractivity contribution in [1.82, 2.24) is 0 Å². The molecule has 4 nitrogen and oxygen atoms in total. The van der Waals surface area contributed by atoms with E-state index in [1.807, 2.05) is 6.07 Å². The number of benzene rings is 1. The van der Waals surface area contributed by atoms with Crippen molar-refractivity contribution in [2.75, 3.05) is 0 Å². The van der Waals surface area contributed by atoms with Crippen LogP contribution in [0.3, 0.4) is 0 Å². The third-order valence-corrected chi connectivity index (χ3v) is 4.03. The predicted molar refractivity (Wildman–Crippen MR) is 75.4 cm³/mol. The highest BCUT2D eigenvalue weighted by Crippen LogP contribution is 2.42. The Labute approximate surface area is 120 Å². The van der Waals surface area contributed by atoms with Crippen LogP contribution in [-0.2, 0) is 0 Å². The molecule has 3 N–H and O–H groups in total. The van der Waals surface area contributed by atoms with Crippen LogP contribution < -0.4 is 5.73 Å². The molecular weight excluding hydrogens is 280 g/mol. The standard InChI is InChI=1S/C13H9ClN4S/c14-8-3-1-2-7(4-8)11-9(5-15)12(17)19-13(18)10(11)6-16/h1-4,9,11,17H,18H2/t9-,11+/m0/s1. The molecule has 1 aliphatic heterocycles. The van der Waals surface area contributed by atoms with Crippen molar-refractivity contribution in [2.24, 2.45) is 11.7 Å². The number of nitriles is 2. The average molecular weight is 289 g/mol. The van der Waals surface area contributed by atoms with Crippen LogP contribution in [0.15, 0.2) is 34.9 Å². The molecule has 1 aromatic carbocycles. The van der Waals surface area contributed by atoms with Gasteiger partial charge in [-0.2, -0.15) is 10.5 Å². The second kappa shape index (κ2) is 5.36. The summed E-state index contributed by atoms with van der Waals surface area (Å²) in [5, 5.41) is 27.3.